The minimum Gasteiger partial charge on any atom is -0.486 e. The number of halogens is 2. The van der Waals surface area contributed by atoms with Crippen molar-refractivity contribution in [1.29, 1.82) is 0 Å². The van der Waals surface area contributed by atoms with Gasteiger partial charge in [-0.2, -0.15) is 0 Å². The Hall–Kier alpha value is -1.55. The van der Waals surface area contributed by atoms with Gasteiger partial charge in [0.1, 0.15) is 19.0 Å². The van der Waals surface area contributed by atoms with Crippen molar-refractivity contribution in [2.24, 2.45) is 0 Å². The summed E-state index contributed by atoms with van der Waals surface area (Å²) in [5.74, 6) is 1.24. The third kappa shape index (κ3) is 2.52. The lowest BCUT2D eigenvalue weighted by Crippen LogP contribution is -2.15. The Morgan fingerprint density at radius 2 is 1.80 bits per heavy atom. The fraction of sp³-hybridized carbons (Fsp3) is 0.250. The van der Waals surface area contributed by atoms with Crippen molar-refractivity contribution >= 4 is 15.9 Å². The first kappa shape index (κ1) is 13.4. The maximum Gasteiger partial charge on any atom is 0.161 e. The zero-order valence-electron chi connectivity index (χ0n) is 11.0. The molecular formula is C16H14BrFO2. The van der Waals surface area contributed by atoms with Crippen LogP contribution < -0.4 is 9.47 Å². The zero-order chi connectivity index (χ0) is 14.1. The summed E-state index contributed by atoms with van der Waals surface area (Å²) in [6.07, 6.45) is 0. The minimum absolute atomic E-state index is 0.210. The Kier molecular flexibility index (Phi) is 3.66. The van der Waals surface area contributed by atoms with Crippen LogP contribution in [0.15, 0.2) is 36.4 Å². The fourth-order valence-corrected chi connectivity index (χ4v) is 2.89. The molecule has 104 valence electrons. The highest BCUT2D eigenvalue weighted by Crippen LogP contribution is 2.38. The Balaban J connectivity index is 1.97. The van der Waals surface area contributed by atoms with Crippen LogP contribution in [0.3, 0.4) is 0 Å². The summed E-state index contributed by atoms with van der Waals surface area (Å²) in [6.45, 7) is 3.06. The number of rotatable bonds is 2. The van der Waals surface area contributed by atoms with Gasteiger partial charge in [0.15, 0.2) is 11.5 Å². The minimum atomic E-state index is -0.215. The van der Waals surface area contributed by atoms with Crippen LogP contribution in [-0.4, -0.2) is 13.2 Å². The Bertz CT molecular complexity index is 642. The number of alkyl halides is 1. The van der Waals surface area contributed by atoms with Crippen molar-refractivity contribution in [2.75, 3.05) is 13.2 Å². The molecule has 1 heterocycles. The maximum atomic E-state index is 14.0. The summed E-state index contributed by atoms with van der Waals surface area (Å²) in [4.78, 5) is -0.210. The van der Waals surface area contributed by atoms with Crippen LogP contribution in [0.5, 0.6) is 11.5 Å². The second-order valence-electron chi connectivity index (χ2n) is 4.79. The molecule has 0 bridgehead atoms. The second kappa shape index (κ2) is 5.44. The van der Waals surface area contributed by atoms with E-state index in [4.69, 9.17) is 9.47 Å². The molecule has 0 saturated carbocycles. The van der Waals surface area contributed by atoms with Gasteiger partial charge in [-0.25, -0.2) is 4.39 Å². The van der Waals surface area contributed by atoms with E-state index in [1.54, 1.807) is 6.07 Å². The number of hydrogen-bond donors (Lipinski definition) is 0. The molecule has 0 N–H and O–H groups in total. The normalized spacial score (nSPS) is 14.9. The summed E-state index contributed by atoms with van der Waals surface area (Å²) < 4.78 is 25.0. The van der Waals surface area contributed by atoms with E-state index in [1.807, 2.05) is 31.2 Å². The van der Waals surface area contributed by atoms with Crippen molar-refractivity contribution < 1.29 is 13.9 Å². The van der Waals surface area contributed by atoms with Crippen LogP contribution in [0, 0.1) is 12.7 Å². The first-order valence-corrected chi connectivity index (χ1v) is 7.36. The Morgan fingerprint density at radius 3 is 2.60 bits per heavy atom. The van der Waals surface area contributed by atoms with Gasteiger partial charge in [-0.1, -0.05) is 39.7 Å². The first-order chi connectivity index (χ1) is 9.65. The van der Waals surface area contributed by atoms with E-state index in [2.05, 4.69) is 15.9 Å². The monoisotopic (exact) mass is 336 g/mol. The number of benzene rings is 2. The topological polar surface area (TPSA) is 18.5 Å². The van der Waals surface area contributed by atoms with Gasteiger partial charge in [0, 0.05) is 5.56 Å². The number of hydrogen-bond acceptors (Lipinski definition) is 2. The smallest absolute Gasteiger partial charge is 0.161 e. The quantitative estimate of drug-likeness (QED) is 0.757. The van der Waals surface area contributed by atoms with Crippen LogP contribution in [0.2, 0.25) is 0 Å². The van der Waals surface area contributed by atoms with Gasteiger partial charge in [0.05, 0.1) is 4.83 Å². The van der Waals surface area contributed by atoms with Gasteiger partial charge >= 0.3 is 0 Å². The van der Waals surface area contributed by atoms with Crippen LogP contribution >= 0.6 is 15.9 Å². The molecule has 0 aromatic heterocycles. The molecule has 1 aliphatic rings. The highest BCUT2D eigenvalue weighted by molar-refractivity contribution is 9.09. The SMILES string of the molecule is Cc1ccc(F)c(C(Br)c2ccc3c(c2)OCCO3)c1. The lowest BCUT2D eigenvalue weighted by atomic mass is 10.0. The third-order valence-electron chi connectivity index (χ3n) is 3.28. The lowest BCUT2D eigenvalue weighted by molar-refractivity contribution is 0.171. The van der Waals surface area contributed by atoms with E-state index in [0.29, 0.717) is 24.5 Å². The molecule has 0 aliphatic carbocycles. The van der Waals surface area contributed by atoms with E-state index < -0.39 is 0 Å². The van der Waals surface area contributed by atoms with Gasteiger partial charge in [0.25, 0.3) is 0 Å². The largest absolute Gasteiger partial charge is 0.486 e. The van der Waals surface area contributed by atoms with Crippen LogP contribution in [-0.2, 0) is 0 Å². The summed E-state index contributed by atoms with van der Waals surface area (Å²) >= 11 is 3.57. The summed E-state index contributed by atoms with van der Waals surface area (Å²) in [5.41, 5.74) is 2.60. The van der Waals surface area contributed by atoms with Crippen LogP contribution in [0.4, 0.5) is 4.39 Å². The molecule has 0 radical (unpaired) electrons. The maximum absolute atomic E-state index is 14.0. The van der Waals surface area contributed by atoms with Gasteiger partial charge in [-0.15, -0.1) is 0 Å². The number of ether oxygens (including phenoxy) is 2. The molecule has 2 nitrogen and oxygen atoms in total. The molecule has 0 spiro atoms. The van der Waals surface area contributed by atoms with E-state index in [1.165, 1.54) is 6.07 Å². The van der Waals surface area contributed by atoms with Crippen molar-refractivity contribution in [3.63, 3.8) is 0 Å². The predicted molar refractivity (Wildman–Crippen MR) is 79.3 cm³/mol. The highest BCUT2D eigenvalue weighted by Gasteiger charge is 2.18. The first-order valence-electron chi connectivity index (χ1n) is 6.45. The van der Waals surface area contributed by atoms with Gasteiger partial charge in [-0.05, 0) is 30.7 Å². The lowest BCUT2D eigenvalue weighted by Gasteiger charge is -2.20. The van der Waals surface area contributed by atoms with Crippen LogP contribution in [0.1, 0.15) is 21.5 Å². The molecule has 3 rings (SSSR count). The molecule has 1 aliphatic heterocycles. The molecule has 1 unspecified atom stereocenters. The van der Waals surface area contributed by atoms with E-state index in [0.717, 1.165) is 16.9 Å². The molecule has 0 fully saturated rings. The fourth-order valence-electron chi connectivity index (χ4n) is 2.25. The standard InChI is InChI=1S/C16H14BrFO2/c1-10-2-4-13(18)12(8-10)16(17)11-3-5-14-15(9-11)20-7-6-19-14/h2-5,8-9,16H,6-7H2,1H3. The average Bonchev–Trinajstić information content (AvgIpc) is 2.48. The number of aryl methyl sites for hydroxylation is 1. The van der Waals surface area contributed by atoms with Gasteiger partial charge < -0.3 is 9.47 Å². The average molecular weight is 337 g/mol. The highest BCUT2D eigenvalue weighted by atomic mass is 79.9. The van der Waals surface area contributed by atoms with E-state index in [-0.39, 0.29) is 10.6 Å². The Labute approximate surface area is 125 Å². The summed E-state index contributed by atoms with van der Waals surface area (Å²) in [5, 5.41) is 0. The van der Waals surface area contributed by atoms with Crippen LogP contribution in [0.25, 0.3) is 0 Å². The van der Waals surface area contributed by atoms with Crippen molar-refractivity contribution in [3.8, 4) is 11.5 Å². The van der Waals surface area contributed by atoms with Gasteiger partial charge in [-0.3, -0.25) is 0 Å². The molecule has 20 heavy (non-hydrogen) atoms. The van der Waals surface area contributed by atoms with Crippen molar-refractivity contribution in [2.45, 2.75) is 11.8 Å². The molecule has 2 aromatic carbocycles. The predicted octanol–water partition coefficient (Wildman–Crippen LogP) is 4.39. The zero-order valence-corrected chi connectivity index (χ0v) is 12.6. The molecular weight excluding hydrogens is 323 g/mol. The van der Waals surface area contributed by atoms with Crippen molar-refractivity contribution in [1.82, 2.24) is 0 Å². The molecule has 4 heteroatoms. The second-order valence-corrected chi connectivity index (χ2v) is 5.71. The van der Waals surface area contributed by atoms with Crippen molar-refractivity contribution in [3.05, 3.63) is 58.9 Å². The van der Waals surface area contributed by atoms with E-state index >= 15 is 0 Å². The van der Waals surface area contributed by atoms with Gasteiger partial charge in [0.2, 0.25) is 0 Å². The Morgan fingerprint density at radius 1 is 1.05 bits per heavy atom. The third-order valence-corrected chi connectivity index (χ3v) is 4.31. The molecule has 0 amide bonds. The molecule has 1 atom stereocenters. The molecule has 2 aromatic rings. The molecule has 0 saturated heterocycles. The number of fused-ring (bicyclic) bond motifs is 1. The summed E-state index contributed by atoms with van der Waals surface area (Å²) in [6, 6.07) is 10.8. The summed E-state index contributed by atoms with van der Waals surface area (Å²) in [7, 11) is 0. The van der Waals surface area contributed by atoms with E-state index in [9.17, 15) is 4.39 Å².